The molecule has 3 heterocycles. The number of carboxylic acid groups (broad SMARTS) is 1. The lowest BCUT2D eigenvalue weighted by molar-refractivity contribution is -0.160. The first-order valence-corrected chi connectivity index (χ1v) is 19.1. The van der Waals surface area contributed by atoms with Crippen LogP contribution in [0.1, 0.15) is 70.8 Å². The number of carboxylic acids is 1. The Bertz CT molecular complexity index is 1970. The number of ketones is 1. The van der Waals surface area contributed by atoms with Crippen molar-refractivity contribution in [2.24, 2.45) is 23.7 Å². The third-order valence-corrected chi connectivity index (χ3v) is 11.6. The Morgan fingerprint density at radius 3 is 2.21 bits per heavy atom. The van der Waals surface area contributed by atoms with Crippen LogP contribution in [-0.2, 0) is 28.6 Å². The minimum absolute atomic E-state index is 0.00726. The molecule has 0 aliphatic carbocycles. The molecule has 0 fully saturated rings. The number of carbonyl (C=O) groups excluding carboxylic acids is 3. The maximum absolute atomic E-state index is 14.3. The Kier molecular flexibility index (Phi) is 13.8. The van der Waals surface area contributed by atoms with Gasteiger partial charge in [-0.05, 0) is 19.9 Å². The summed E-state index contributed by atoms with van der Waals surface area (Å²) in [4.78, 5) is 51.3. The molecular weight excluding hydrogens is 750 g/mol. The maximum atomic E-state index is 14.3. The summed E-state index contributed by atoms with van der Waals surface area (Å²) in [7, 11) is 1.41. The van der Waals surface area contributed by atoms with E-state index in [0.29, 0.717) is 0 Å². The Morgan fingerprint density at radius 1 is 0.946 bits per heavy atom. The van der Waals surface area contributed by atoms with Crippen molar-refractivity contribution in [3.63, 3.8) is 0 Å². The number of amides is 1. The molecule has 1 amide bonds. The van der Waals surface area contributed by atoms with Gasteiger partial charge in [0.15, 0.2) is 5.75 Å². The van der Waals surface area contributed by atoms with Gasteiger partial charge in [-0.15, -0.1) is 11.8 Å². The average molecular weight is 802 g/mol. The molecule has 0 radical (unpaired) electrons. The van der Waals surface area contributed by atoms with E-state index >= 15 is 0 Å². The number of aliphatic hydroxyl groups excluding tert-OH is 2. The van der Waals surface area contributed by atoms with Crippen LogP contribution in [0.25, 0.3) is 10.8 Å². The molecule has 0 spiro atoms. The fourth-order valence-electron chi connectivity index (χ4n) is 7.08. The SMILES string of the molecule is COC1/C=C/OC2(C)Oc3c(C)c(O)c4c(O)c(c(SCCC(=O)O)c(O)c4c3C2=O)NC(=O)C(C)=C/C=C/C(C)C(O)C(C)C(O)C(C)C(OC(C)=O)C1C. The van der Waals surface area contributed by atoms with E-state index in [1.165, 1.54) is 53.0 Å². The minimum Gasteiger partial charge on any atom is -0.507 e. The van der Waals surface area contributed by atoms with Crippen LogP contribution < -0.4 is 10.1 Å². The molecule has 9 unspecified atom stereocenters. The summed E-state index contributed by atoms with van der Waals surface area (Å²) in [6.07, 6.45) is 2.89. The van der Waals surface area contributed by atoms with Gasteiger partial charge in [0, 0.05) is 66.9 Å². The Labute approximate surface area is 329 Å². The van der Waals surface area contributed by atoms with Gasteiger partial charge in [-0.25, -0.2) is 0 Å². The fraction of sp³-hybridized carbons (Fsp3) is 0.500. The number of hydrogen-bond acceptors (Lipinski definition) is 14. The van der Waals surface area contributed by atoms with Crippen molar-refractivity contribution in [1.82, 2.24) is 0 Å². The monoisotopic (exact) mass is 801 g/mol. The second-order valence-corrected chi connectivity index (χ2v) is 15.6. The van der Waals surface area contributed by atoms with Crippen molar-refractivity contribution < 1.29 is 68.8 Å². The van der Waals surface area contributed by atoms with Crippen molar-refractivity contribution in [3.05, 3.63) is 47.3 Å². The number of thioether (sulfide) groups is 1. The molecule has 2 aromatic carbocycles. The molecule has 0 aromatic heterocycles. The van der Waals surface area contributed by atoms with Gasteiger partial charge in [-0.3, -0.25) is 19.2 Å². The number of ether oxygens (including phenoxy) is 4. The number of hydrogen-bond donors (Lipinski definition) is 7. The standard InChI is InChI=1S/C40H51NO14S/c1-17-11-10-12-18(2)39(51)41-29-33(48)27-26(34(49)37(29)56-16-14-25(43)44)28-36(22(6)32(27)47)55-40(8,38(28)50)53-15-13-24(52-9)19(3)35(54-23(7)42)21(5)31(46)20(4)30(17)45/h10-13,15,17,19-21,24,30-31,35,45-49H,14,16H2,1-9H3,(H,41,51)(H,43,44)/b11-10+,15-13+,18-12?. The summed E-state index contributed by atoms with van der Waals surface area (Å²) in [5, 5.41) is 68.8. The molecule has 3 aliphatic rings. The molecule has 7 N–H and O–H groups in total. The number of aliphatic carboxylic acids is 1. The average Bonchev–Trinajstić information content (AvgIpc) is 3.41. The molecular formula is C40H51NO14S. The zero-order chi connectivity index (χ0) is 42.0. The maximum Gasteiger partial charge on any atom is 0.312 e. The zero-order valence-electron chi connectivity index (χ0n) is 32.8. The largest absolute Gasteiger partial charge is 0.507 e. The van der Waals surface area contributed by atoms with Gasteiger partial charge < -0.3 is 54.9 Å². The molecule has 306 valence electrons. The molecule has 16 heteroatoms. The van der Waals surface area contributed by atoms with Gasteiger partial charge >= 0.3 is 17.7 Å². The van der Waals surface area contributed by atoms with Gasteiger partial charge in [0.25, 0.3) is 11.7 Å². The minimum atomic E-state index is -2.08. The third-order valence-electron chi connectivity index (χ3n) is 10.5. The normalized spacial score (nSPS) is 29.9. The Balaban J connectivity index is 1.96. The molecule has 15 nitrogen and oxygen atoms in total. The van der Waals surface area contributed by atoms with Gasteiger partial charge in [-0.2, -0.15) is 0 Å². The molecule has 56 heavy (non-hydrogen) atoms. The first kappa shape index (κ1) is 44.0. The van der Waals surface area contributed by atoms with Crippen molar-refractivity contribution in [3.8, 4) is 23.0 Å². The number of esters is 1. The number of benzene rings is 2. The number of carbonyl (C=O) groups is 4. The lowest BCUT2D eigenvalue weighted by atomic mass is 9.78. The van der Waals surface area contributed by atoms with Crippen LogP contribution >= 0.6 is 11.8 Å². The van der Waals surface area contributed by atoms with E-state index in [1.807, 2.05) is 0 Å². The van der Waals surface area contributed by atoms with Crippen molar-refractivity contribution in [2.45, 2.75) is 96.9 Å². The van der Waals surface area contributed by atoms with Gasteiger partial charge in [-0.1, -0.05) is 45.9 Å². The molecule has 3 aliphatic heterocycles. The number of rotatable bonds is 6. The molecule has 2 aromatic rings. The van der Waals surface area contributed by atoms with E-state index < -0.39 is 94.8 Å². The lowest BCUT2D eigenvalue weighted by Crippen LogP contribution is -2.46. The number of nitrogens with one attached hydrogen (secondary N) is 1. The number of aliphatic hydroxyl groups is 2. The second kappa shape index (κ2) is 17.6. The first-order chi connectivity index (χ1) is 26.2. The lowest BCUT2D eigenvalue weighted by Gasteiger charge is -2.38. The van der Waals surface area contributed by atoms with E-state index in [9.17, 15) is 49.8 Å². The molecule has 5 rings (SSSR count). The van der Waals surface area contributed by atoms with E-state index in [4.69, 9.17) is 18.9 Å². The summed E-state index contributed by atoms with van der Waals surface area (Å²) < 4.78 is 23.3. The predicted molar refractivity (Wildman–Crippen MR) is 207 cm³/mol. The number of phenolic OH excluding ortho intramolecular Hbond substituents is 3. The van der Waals surface area contributed by atoms with E-state index in [2.05, 4.69) is 5.32 Å². The first-order valence-electron chi connectivity index (χ1n) is 18.1. The van der Waals surface area contributed by atoms with Crippen LogP contribution in [0.2, 0.25) is 0 Å². The Morgan fingerprint density at radius 2 is 1.61 bits per heavy atom. The third kappa shape index (κ3) is 8.62. The van der Waals surface area contributed by atoms with Crippen LogP contribution in [0, 0.1) is 30.6 Å². The van der Waals surface area contributed by atoms with Gasteiger partial charge in [0.05, 0.1) is 46.8 Å². The summed E-state index contributed by atoms with van der Waals surface area (Å²) >= 11 is 0.794. The quantitative estimate of drug-likeness (QED) is 0.0847. The number of anilines is 1. The van der Waals surface area contributed by atoms with Crippen LogP contribution in [0.15, 0.2) is 41.0 Å². The number of phenols is 3. The number of fused-ring (bicyclic) bond motifs is 14. The van der Waals surface area contributed by atoms with Crippen LogP contribution in [0.4, 0.5) is 5.69 Å². The fourth-order valence-corrected chi connectivity index (χ4v) is 8.09. The van der Waals surface area contributed by atoms with Gasteiger partial charge in [0.2, 0.25) is 0 Å². The van der Waals surface area contributed by atoms with Crippen molar-refractivity contribution in [1.29, 1.82) is 0 Å². The topological polar surface area (TPSA) is 239 Å². The van der Waals surface area contributed by atoms with Crippen LogP contribution in [-0.4, -0.2) is 97.3 Å². The van der Waals surface area contributed by atoms with E-state index in [0.717, 1.165) is 18.0 Å². The number of aromatic hydroxyl groups is 3. The number of methoxy groups -OCH3 is 1. The highest BCUT2D eigenvalue weighted by atomic mass is 32.2. The highest BCUT2D eigenvalue weighted by Gasteiger charge is 2.50. The zero-order valence-corrected chi connectivity index (χ0v) is 33.6. The summed E-state index contributed by atoms with van der Waals surface area (Å²) in [6, 6.07) is 0. The van der Waals surface area contributed by atoms with E-state index in [1.54, 1.807) is 33.8 Å². The number of allylic oxidation sites excluding steroid dienone is 2. The predicted octanol–water partition coefficient (Wildman–Crippen LogP) is 5.32. The van der Waals surface area contributed by atoms with Crippen molar-refractivity contribution >= 4 is 51.9 Å². The highest BCUT2D eigenvalue weighted by Crippen LogP contribution is 2.57. The summed E-state index contributed by atoms with van der Waals surface area (Å²) in [5.41, 5.74) is -0.457. The molecule has 5 bridgehead atoms. The highest BCUT2D eigenvalue weighted by molar-refractivity contribution is 7.99. The van der Waals surface area contributed by atoms with E-state index in [-0.39, 0.29) is 56.0 Å². The van der Waals surface area contributed by atoms with Crippen LogP contribution in [0.5, 0.6) is 23.0 Å². The molecule has 0 saturated heterocycles. The second-order valence-electron chi connectivity index (χ2n) is 14.5. The van der Waals surface area contributed by atoms with Gasteiger partial charge in [0.1, 0.15) is 29.0 Å². The van der Waals surface area contributed by atoms with Crippen LogP contribution in [0.3, 0.4) is 0 Å². The summed E-state index contributed by atoms with van der Waals surface area (Å²) in [5.74, 6) is -10.1. The Hall–Kier alpha value is -4.77. The summed E-state index contributed by atoms with van der Waals surface area (Å²) in [6.45, 7) is 12.2. The smallest absolute Gasteiger partial charge is 0.312 e. The number of Topliss-reactive ketones (excluding diaryl/α,β-unsaturated/α-hetero) is 1. The molecule has 9 atom stereocenters. The van der Waals surface area contributed by atoms with Crippen molar-refractivity contribution in [2.75, 3.05) is 18.2 Å². The molecule has 0 saturated carbocycles.